The Balaban J connectivity index is 2.32. The molecule has 0 aromatic carbocycles. The fraction of sp³-hybridized carbons (Fsp3) is 0.625. The first kappa shape index (κ1) is 8.13. The molecule has 1 aliphatic rings. The number of imidazole rings is 1. The average Bonchev–Trinajstić information content (AvgIpc) is 2.62. The monoisotopic (exact) mass is 183 g/mol. The van der Waals surface area contributed by atoms with Crippen LogP contribution in [-0.4, -0.2) is 21.0 Å². The minimum atomic E-state index is -0.228. The highest BCUT2D eigenvalue weighted by Gasteiger charge is 2.40. The Kier molecular flexibility index (Phi) is 1.88. The summed E-state index contributed by atoms with van der Waals surface area (Å²) < 4.78 is 0. The number of nitrogens with two attached hydrogens (primary N) is 1. The number of hydrogen-bond donors (Lipinski definition) is 2. The van der Waals surface area contributed by atoms with E-state index in [4.69, 9.17) is 5.73 Å². The highest BCUT2D eigenvalue weighted by molar-refractivity contribution is 8.00. The lowest BCUT2D eigenvalue weighted by atomic mass is 9.93. The Morgan fingerprint density at radius 2 is 2.67 bits per heavy atom. The summed E-state index contributed by atoms with van der Waals surface area (Å²) in [5.74, 6) is 2.07. The molecule has 0 aliphatic carbocycles. The fourth-order valence-electron chi connectivity index (χ4n) is 1.59. The van der Waals surface area contributed by atoms with Gasteiger partial charge in [-0.15, -0.1) is 0 Å². The third-order valence-electron chi connectivity index (χ3n) is 2.55. The summed E-state index contributed by atoms with van der Waals surface area (Å²) in [5, 5.41) is 0.462. The van der Waals surface area contributed by atoms with Crippen molar-refractivity contribution in [2.45, 2.75) is 24.1 Å². The van der Waals surface area contributed by atoms with Crippen LogP contribution in [0.25, 0.3) is 0 Å². The van der Waals surface area contributed by atoms with Crippen LogP contribution in [0.15, 0.2) is 12.4 Å². The highest BCUT2D eigenvalue weighted by atomic mass is 32.2. The maximum absolute atomic E-state index is 6.25. The number of aromatic nitrogens is 2. The van der Waals surface area contributed by atoms with Crippen molar-refractivity contribution >= 4 is 11.8 Å². The Morgan fingerprint density at radius 1 is 1.83 bits per heavy atom. The predicted molar refractivity (Wildman–Crippen MR) is 51.0 cm³/mol. The molecule has 0 spiro atoms. The van der Waals surface area contributed by atoms with E-state index in [1.165, 1.54) is 0 Å². The Morgan fingerprint density at radius 3 is 3.17 bits per heavy atom. The maximum atomic E-state index is 6.25. The molecule has 3 N–H and O–H groups in total. The van der Waals surface area contributed by atoms with Crippen molar-refractivity contribution in [2.75, 3.05) is 5.75 Å². The number of nitrogens with one attached hydrogen (secondary N) is 1. The molecule has 0 unspecified atom stereocenters. The van der Waals surface area contributed by atoms with E-state index in [2.05, 4.69) is 16.9 Å². The van der Waals surface area contributed by atoms with Gasteiger partial charge in [0.15, 0.2) is 0 Å². The molecule has 1 fully saturated rings. The van der Waals surface area contributed by atoms with Crippen molar-refractivity contribution in [3.8, 4) is 0 Å². The van der Waals surface area contributed by atoms with Gasteiger partial charge in [0.2, 0.25) is 0 Å². The van der Waals surface area contributed by atoms with Gasteiger partial charge in [-0.25, -0.2) is 4.98 Å². The van der Waals surface area contributed by atoms with Gasteiger partial charge in [-0.3, -0.25) is 0 Å². The molecule has 2 atom stereocenters. The summed E-state index contributed by atoms with van der Waals surface area (Å²) in [6.45, 7) is 2.17. The van der Waals surface area contributed by atoms with Gasteiger partial charge in [-0.05, 0) is 12.2 Å². The molecular formula is C8H13N3S. The number of H-pyrrole nitrogens is 1. The number of rotatable bonds is 1. The topological polar surface area (TPSA) is 54.7 Å². The zero-order chi connectivity index (χ0) is 8.60. The zero-order valence-electron chi connectivity index (χ0n) is 7.08. The van der Waals surface area contributed by atoms with Crippen LogP contribution in [0, 0.1) is 0 Å². The standard InChI is InChI=1S/C8H13N3S/c1-6-8(9,2-5-12-6)7-10-3-4-11-7/h3-4,6H,2,5,9H2,1H3,(H,10,11)/t6-,8-/m1/s1. The van der Waals surface area contributed by atoms with Gasteiger partial charge < -0.3 is 10.7 Å². The molecule has 1 aromatic rings. The molecular weight excluding hydrogens is 170 g/mol. The molecule has 1 saturated heterocycles. The second-order valence-corrected chi connectivity index (χ2v) is 4.69. The molecule has 3 nitrogen and oxygen atoms in total. The fourth-order valence-corrected chi connectivity index (χ4v) is 2.92. The van der Waals surface area contributed by atoms with Crippen LogP contribution in [0.4, 0.5) is 0 Å². The third kappa shape index (κ3) is 1.06. The van der Waals surface area contributed by atoms with Crippen molar-refractivity contribution in [3.05, 3.63) is 18.2 Å². The van der Waals surface area contributed by atoms with E-state index in [1.807, 2.05) is 18.0 Å². The van der Waals surface area contributed by atoms with Gasteiger partial charge in [-0.1, -0.05) is 6.92 Å². The molecule has 1 aliphatic heterocycles. The van der Waals surface area contributed by atoms with Gasteiger partial charge in [0.05, 0.1) is 5.54 Å². The molecule has 1 aromatic heterocycles. The van der Waals surface area contributed by atoms with Gasteiger partial charge >= 0.3 is 0 Å². The predicted octanol–water partition coefficient (Wildman–Crippen LogP) is 1.09. The summed E-state index contributed by atoms with van der Waals surface area (Å²) in [7, 11) is 0. The number of hydrogen-bond acceptors (Lipinski definition) is 3. The van der Waals surface area contributed by atoms with Crippen molar-refractivity contribution in [2.24, 2.45) is 5.73 Å². The average molecular weight is 183 g/mol. The van der Waals surface area contributed by atoms with Crippen molar-refractivity contribution in [3.63, 3.8) is 0 Å². The molecule has 2 heterocycles. The van der Waals surface area contributed by atoms with Crippen molar-refractivity contribution in [1.82, 2.24) is 9.97 Å². The summed E-state index contributed by atoms with van der Waals surface area (Å²) >= 11 is 1.92. The second-order valence-electron chi connectivity index (χ2n) is 3.24. The number of aromatic amines is 1. The first-order valence-corrected chi connectivity index (χ1v) is 5.19. The zero-order valence-corrected chi connectivity index (χ0v) is 7.90. The lowest BCUT2D eigenvalue weighted by Gasteiger charge is -2.25. The van der Waals surface area contributed by atoms with Crippen LogP contribution >= 0.6 is 11.8 Å². The minimum absolute atomic E-state index is 0.228. The summed E-state index contributed by atoms with van der Waals surface area (Å²) in [5.41, 5.74) is 6.03. The van der Waals surface area contributed by atoms with E-state index >= 15 is 0 Å². The van der Waals surface area contributed by atoms with Crippen LogP contribution in [0.2, 0.25) is 0 Å². The lowest BCUT2D eigenvalue weighted by Crippen LogP contribution is -2.42. The SMILES string of the molecule is C[C@H]1SCC[C@]1(N)c1ncc[nH]1. The molecule has 0 bridgehead atoms. The Bertz CT molecular complexity index is 259. The van der Waals surface area contributed by atoms with E-state index in [-0.39, 0.29) is 5.54 Å². The van der Waals surface area contributed by atoms with Crippen molar-refractivity contribution in [1.29, 1.82) is 0 Å². The summed E-state index contributed by atoms with van der Waals surface area (Å²) in [6.07, 6.45) is 4.62. The van der Waals surface area contributed by atoms with Crippen molar-refractivity contribution < 1.29 is 0 Å². The van der Waals surface area contributed by atoms with Gasteiger partial charge in [0.25, 0.3) is 0 Å². The Hall–Kier alpha value is -0.480. The Labute approximate surface area is 76.1 Å². The molecule has 12 heavy (non-hydrogen) atoms. The maximum Gasteiger partial charge on any atom is 0.127 e. The smallest absolute Gasteiger partial charge is 0.127 e. The lowest BCUT2D eigenvalue weighted by molar-refractivity contribution is 0.424. The molecule has 4 heteroatoms. The number of nitrogens with zero attached hydrogens (tertiary/aromatic N) is 1. The van der Waals surface area contributed by atoms with E-state index in [0.717, 1.165) is 18.0 Å². The first-order valence-electron chi connectivity index (χ1n) is 4.14. The van der Waals surface area contributed by atoms with E-state index < -0.39 is 0 Å². The van der Waals surface area contributed by atoms with Gasteiger partial charge in [0.1, 0.15) is 5.82 Å². The van der Waals surface area contributed by atoms with Crippen LogP contribution in [-0.2, 0) is 5.54 Å². The van der Waals surface area contributed by atoms with E-state index in [0.29, 0.717) is 5.25 Å². The normalized spacial score (nSPS) is 35.7. The van der Waals surface area contributed by atoms with Gasteiger partial charge in [-0.2, -0.15) is 11.8 Å². The van der Waals surface area contributed by atoms with Crippen LogP contribution < -0.4 is 5.73 Å². The number of thioether (sulfide) groups is 1. The largest absolute Gasteiger partial charge is 0.347 e. The quantitative estimate of drug-likeness (QED) is 0.685. The van der Waals surface area contributed by atoms with E-state index in [9.17, 15) is 0 Å². The molecule has 0 saturated carbocycles. The summed E-state index contributed by atoms with van der Waals surface area (Å²) in [6, 6.07) is 0. The second kappa shape index (κ2) is 2.78. The van der Waals surface area contributed by atoms with Gasteiger partial charge in [0, 0.05) is 17.6 Å². The van der Waals surface area contributed by atoms with Crippen LogP contribution in [0.3, 0.4) is 0 Å². The van der Waals surface area contributed by atoms with E-state index in [1.54, 1.807) is 6.20 Å². The molecule has 2 rings (SSSR count). The molecule has 0 amide bonds. The van der Waals surface area contributed by atoms with Crippen LogP contribution in [0.1, 0.15) is 19.2 Å². The van der Waals surface area contributed by atoms with Crippen LogP contribution in [0.5, 0.6) is 0 Å². The minimum Gasteiger partial charge on any atom is -0.347 e. The first-order chi connectivity index (χ1) is 5.73. The molecule has 0 radical (unpaired) electrons. The summed E-state index contributed by atoms with van der Waals surface area (Å²) in [4.78, 5) is 7.33. The highest BCUT2D eigenvalue weighted by Crippen LogP contribution is 2.39. The molecule has 66 valence electrons. The third-order valence-corrected chi connectivity index (χ3v) is 3.91.